The maximum absolute atomic E-state index is 9.39. The van der Waals surface area contributed by atoms with Crippen molar-refractivity contribution in [3.8, 4) is 11.8 Å². The van der Waals surface area contributed by atoms with E-state index in [0.29, 0.717) is 30.4 Å². The van der Waals surface area contributed by atoms with Crippen molar-refractivity contribution < 1.29 is 4.74 Å². The molecule has 0 saturated carbocycles. The number of aryl methyl sites for hydroxylation is 1. The summed E-state index contributed by atoms with van der Waals surface area (Å²) in [6.07, 6.45) is 0. The van der Waals surface area contributed by atoms with Crippen molar-refractivity contribution in [2.75, 3.05) is 36.9 Å². The molecule has 1 aromatic carbocycles. The zero-order valence-electron chi connectivity index (χ0n) is 11.9. The van der Waals surface area contributed by atoms with Crippen molar-refractivity contribution in [2.45, 2.75) is 6.92 Å². The van der Waals surface area contributed by atoms with E-state index in [4.69, 9.17) is 10.5 Å². The summed E-state index contributed by atoms with van der Waals surface area (Å²) in [4.78, 5) is 2.04. The summed E-state index contributed by atoms with van der Waals surface area (Å²) in [5.74, 6) is 1.02. The molecule has 2 aromatic rings. The van der Waals surface area contributed by atoms with Gasteiger partial charge in [-0.25, -0.2) is 4.68 Å². The number of morpholine rings is 1. The van der Waals surface area contributed by atoms with Crippen molar-refractivity contribution in [3.05, 3.63) is 35.4 Å². The molecule has 0 aliphatic carbocycles. The number of benzene rings is 1. The van der Waals surface area contributed by atoms with E-state index in [1.807, 2.05) is 36.1 Å². The zero-order chi connectivity index (χ0) is 14.8. The summed E-state index contributed by atoms with van der Waals surface area (Å²) in [6, 6.07) is 10.1. The predicted molar refractivity (Wildman–Crippen MR) is 80.5 cm³/mol. The molecular formula is C15H17N5O. The molecule has 3 rings (SSSR count). The maximum atomic E-state index is 9.39. The SMILES string of the molecule is Cc1ccc(-n2nc(N3CCOCC3)c(C#N)c2N)cc1. The Hall–Kier alpha value is -2.52. The quantitative estimate of drug-likeness (QED) is 0.902. The molecule has 0 atom stereocenters. The van der Waals surface area contributed by atoms with Gasteiger partial charge in [0.05, 0.1) is 18.9 Å². The highest BCUT2D eigenvalue weighted by Crippen LogP contribution is 2.27. The second kappa shape index (κ2) is 5.46. The fourth-order valence-corrected chi connectivity index (χ4v) is 2.41. The lowest BCUT2D eigenvalue weighted by molar-refractivity contribution is 0.122. The van der Waals surface area contributed by atoms with Crippen molar-refractivity contribution in [3.63, 3.8) is 0 Å². The van der Waals surface area contributed by atoms with Crippen LogP contribution in [0.15, 0.2) is 24.3 Å². The van der Waals surface area contributed by atoms with Gasteiger partial charge in [-0.05, 0) is 19.1 Å². The normalized spacial score (nSPS) is 15.0. The van der Waals surface area contributed by atoms with Gasteiger partial charge in [-0.1, -0.05) is 17.7 Å². The molecule has 6 nitrogen and oxygen atoms in total. The minimum atomic E-state index is 0.378. The van der Waals surface area contributed by atoms with Crippen LogP contribution < -0.4 is 10.6 Å². The molecule has 21 heavy (non-hydrogen) atoms. The molecule has 1 saturated heterocycles. The first kappa shape index (κ1) is 13.5. The third-order valence-corrected chi connectivity index (χ3v) is 3.60. The highest BCUT2D eigenvalue weighted by Gasteiger charge is 2.23. The van der Waals surface area contributed by atoms with E-state index in [2.05, 4.69) is 11.2 Å². The summed E-state index contributed by atoms with van der Waals surface area (Å²) in [5, 5.41) is 13.9. The first-order valence-electron chi connectivity index (χ1n) is 6.89. The number of ether oxygens (including phenoxy) is 1. The Morgan fingerprint density at radius 1 is 1.24 bits per heavy atom. The molecular weight excluding hydrogens is 266 g/mol. The van der Waals surface area contributed by atoms with Crippen LogP contribution >= 0.6 is 0 Å². The minimum Gasteiger partial charge on any atom is -0.382 e. The number of hydrogen-bond acceptors (Lipinski definition) is 5. The first-order chi connectivity index (χ1) is 10.2. The number of hydrogen-bond donors (Lipinski definition) is 1. The first-order valence-corrected chi connectivity index (χ1v) is 6.89. The predicted octanol–water partition coefficient (Wildman–Crippen LogP) is 1.47. The van der Waals surface area contributed by atoms with E-state index in [-0.39, 0.29) is 0 Å². The second-order valence-corrected chi connectivity index (χ2v) is 5.04. The van der Waals surface area contributed by atoms with Crippen LogP contribution in [0.25, 0.3) is 5.69 Å². The molecule has 1 aliphatic heterocycles. The van der Waals surface area contributed by atoms with E-state index in [1.165, 1.54) is 5.56 Å². The molecule has 0 spiro atoms. The monoisotopic (exact) mass is 283 g/mol. The van der Waals surface area contributed by atoms with Crippen molar-refractivity contribution in [1.29, 1.82) is 5.26 Å². The van der Waals surface area contributed by atoms with Crippen LogP contribution in [0.1, 0.15) is 11.1 Å². The average Bonchev–Trinajstić information content (AvgIpc) is 2.86. The molecule has 2 N–H and O–H groups in total. The molecule has 6 heteroatoms. The molecule has 0 radical (unpaired) electrons. The number of rotatable bonds is 2. The molecule has 1 aromatic heterocycles. The van der Waals surface area contributed by atoms with Gasteiger partial charge in [0, 0.05) is 13.1 Å². The third kappa shape index (κ3) is 2.43. The van der Waals surface area contributed by atoms with Gasteiger partial charge in [0.15, 0.2) is 5.82 Å². The Bertz CT molecular complexity index is 677. The minimum absolute atomic E-state index is 0.378. The topological polar surface area (TPSA) is 80.1 Å². The van der Waals surface area contributed by atoms with E-state index >= 15 is 0 Å². The van der Waals surface area contributed by atoms with E-state index in [1.54, 1.807) is 4.68 Å². The Morgan fingerprint density at radius 2 is 1.90 bits per heavy atom. The van der Waals surface area contributed by atoms with Crippen molar-refractivity contribution in [2.24, 2.45) is 0 Å². The van der Waals surface area contributed by atoms with E-state index in [0.717, 1.165) is 18.8 Å². The van der Waals surface area contributed by atoms with Gasteiger partial charge >= 0.3 is 0 Å². The summed E-state index contributed by atoms with van der Waals surface area (Å²) < 4.78 is 6.97. The molecule has 2 heterocycles. The molecule has 1 fully saturated rings. The van der Waals surface area contributed by atoms with Gasteiger partial charge in [-0.3, -0.25) is 0 Å². The molecule has 0 amide bonds. The number of nitriles is 1. The second-order valence-electron chi connectivity index (χ2n) is 5.04. The molecule has 1 aliphatic rings. The largest absolute Gasteiger partial charge is 0.382 e. The van der Waals surface area contributed by atoms with Gasteiger partial charge in [-0.2, -0.15) is 5.26 Å². The number of nitrogen functional groups attached to an aromatic ring is 1. The molecule has 0 unspecified atom stereocenters. The summed E-state index contributed by atoms with van der Waals surface area (Å²) in [6.45, 7) is 4.75. The van der Waals surface area contributed by atoms with Crippen molar-refractivity contribution in [1.82, 2.24) is 9.78 Å². The number of anilines is 2. The zero-order valence-corrected chi connectivity index (χ0v) is 11.9. The van der Waals surface area contributed by atoms with Gasteiger partial charge in [0.2, 0.25) is 0 Å². The van der Waals surface area contributed by atoms with Gasteiger partial charge in [-0.15, -0.1) is 5.10 Å². The third-order valence-electron chi connectivity index (χ3n) is 3.60. The number of aromatic nitrogens is 2. The lowest BCUT2D eigenvalue weighted by Gasteiger charge is -2.26. The summed E-state index contributed by atoms with van der Waals surface area (Å²) in [7, 11) is 0. The maximum Gasteiger partial charge on any atom is 0.171 e. The standard InChI is InChI=1S/C15H17N5O/c1-11-2-4-12(5-3-11)20-14(17)13(10-16)15(18-20)19-6-8-21-9-7-19/h2-5H,6-9,17H2,1H3. The van der Waals surface area contributed by atoms with Crippen LogP contribution in [0.4, 0.5) is 11.6 Å². The molecule has 108 valence electrons. The van der Waals surface area contributed by atoms with Crippen LogP contribution in [-0.4, -0.2) is 36.1 Å². The van der Waals surface area contributed by atoms with Gasteiger partial charge < -0.3 is 15.4 Å². The van der Waals surface area contributed by atoms with E-state index in [9.17, 15) is 5.26 Å². The van der Waals surface area contributed by atoms with Crippen LogP contribution in [-0.2, 0) is 4.74 Å². The molecule has 0 bridgehead atoms. The van der Waals surface area contributed by atoms with E-state index < -0.39 is 0 Å². The Balaban J connectivity index is 2.04. The Labute approximate surface area is 123 Å². The summed E-state index contributed by atoms with van der Waals surface area (Å²) >= 11 is 0. The fourth-order valence-electron chi connectivity index (χ4n) is 2.41. The van der Waals surface area contributed by atoms with Crippen LogP contribution in [0.5, 0.6) is 0 Å². The van der Waals surface area contributed by atoms with Crippen LogP contribution in [0.3, 0.4) is 0 Å². The highest BCUT2D eigenvalue weighted by molar-refractivity contribution is 5.67. The van der Waals surface area contributed by atoms with Gasteiger partial charge in [0.1, 0.15) is 17.5 Å². The highest BCUT2D eigenvalue weighted by atomic mass is 16.5. The Kier molecular flexibility index (Phi) is 3.50. The lowest BCUT2D eigenvalue weighted by atomic mass is 10.2. The summed E-state index contributed by atoms with van der Waals surface area (Å²) in [5.41, 5.74) is 8.56. The van der Waals surface area contributed by atoms with Crippen LogP contribution in [0, 0.1) is 18.3 Å². The number of nitrogens with zero attached hydrogens (tertiary/aromatic N) is 4. The van der Waals surface area contributed by atoms with Crippen molar-refractivity contribution >= 4 is 11.6 Å². The lowest BCUT2D eigenvalue weighted by Crippen LogP contribution is -2.37. The average molecular weight is 283 g/mol. The number of nitrogens with two attached hydrogens (primary N) is 1. The van der Waals surface area contributed by atoms with Crippen LogP contribution in [0.2, 0.25) is 0 Å². The Morgan fingerprint density at radius 3 is 2.52 bits per heavy atom. The fraction of sp³-hybridized carbons (Fsp3) is 0.333. The van der Waals surface area contributed by atoms with Gasteiger partial charge in [0.25, 0.3) is 0 Å². The smallest absolute Gasteiger partial charge is 0.171 e.